The number of aliphatic hydroxyl groups excluding tert-OH is 1. The van der Waals surface area contributed by atoms with Gasteiger partial charge >= 0.3 is 0 Å². The fourth-order valence-electron chi connectivity index (χ4n) is 2.87. The fourth-order valence-corrected chi connectivity index (χ4v) is 2.87. The number of β-amino-alcohol motifs (C(OH)–C–C–N with tert-alkyl or cyclic N) is 1. The number of rotatable bonds is 6. The molecule has 2 atom stereocenters. The van der Waals surface area contributed by atoms with Crippen molar-refractivity contribution in [3.05, 3.63) is 35.6 Å². The highest BCUT2D eigenvalue weighted by atomic mass is 19.1. The molecule has 118 valence electrons. The van der Waals surface area contributed by atoms with E-state index in [-0.39, 0.29) is 5.82 Å². The summed E-state index contributed by atoms with van der Waals surface area (Å²) in [6.07, 6.45) is -0.774. The summed E-state index contributed by atoms with van der Waals surface area (Å²) in [5.74, 6) is -0.336. The molecule has 0 amide bonds. The Labute approximate surface area is 126 Å². The third-order valence-corrected chi connectivity index (χ3v) is 4.13. The molecule has 0 unspecified atom stereocenters. The lowest BCUT2D eigenvalue weighted by Gasteiger charge is -2.40. The van der Waals surface area contributed by atoms with Crippen LogP contribution < -0.4 is 0 Å². The molecule has 0 radical (unpaired) electrons. The number of nitrogens with zero attached hydrogens (tertiary/aromatic N) is 2. The van der Waals surface area contributed by atoms with E-state index < -0.39 is 6.10 Å². The van der Waals surface area contributed by atoms with Gasteiger partial charge in [0.2, 0.25) is 0 Å². The molecule has 5 heteroatoms. The first-order valence-electron chi connectivity index (χ1n) is 7.49. The predicted molar refractivity (Wildman–Crippen MR) is 80.7 cm³/mol. The largest absolute Gasteiger partial charge is 0.387 e. The van der Waals surface area contributed by atoms with E-state index in [1.165, 1.54) is 6.07 Å². The number of piperazine rings is 1. The van der Waals surface area contributed by atoms with Crippen molar-refractivity contribution in [2.45, 2.75) is 19.1 Å². The molecular formula is C16H25FN2O2. The Kier molecular flexibility index (Phi) is 6.11. The van der Waals surface area contributed by atoms with Gasteiger partial charge in [-0.2, -0.15) is 0 Å². The second-order valence-corrected chi connectivity index (χ2v) is 5.67. The number of methoxy groups -OCH3 is 1. The highest BCUT2D eigenvalue weighted by Gasteiger charge is 2.25. The summed E-state index contributed by atoms with van der Waals surface area (Å²) in [6, 6.07) is 6.86. The maximum atomic E-state index is 13.7. The molecule has 1 saturated heterocycles. The topological polar surface area (TPSA) is 35.9 Å². The first kappa shape index (κ1) is 16.4. The SMILES string of the molecule is COCCN1CCN(C[C@H](O)c2ccccc2F)C[C@H]1C. The number of halogens is 1. The van der Waals surface area contributed by atoms with Gasteiger partial charge in [-0.25, -0.2) is 4.39 Å². The number of hydrogen-bond donors (Lipinski definition) is 1. The lowest BCUT2D eigenvalue weighted by molar-refractivity contribution is 0.0323. The second kappa shape index (κ2) is 7.84. The zero-order chi connectivity index (χ0) is 15.2. The number of benzene rings is 1. The lowest BCUT2D eigenvalue weighted by Crippen LogP contribution is -2.53. The zero-order valence-corrected chi connectivity index (χ0v) is 12.8. The Morgan fingerprint density at radius 1 is 1.38 bits per heavy atom. The van der Waals surface area contributed by atoms with Crippen LogP contribution in [0.15, 0.2) is 24.3 Å². The van der Waals surface area contributed by atoms with Gasteiger partial charge in [0, 0.05) is 51.4 Å². The standard InChI is InChI=1S/C16H25FN2O2/c1-13-11-18(7-8-19(13)9-10-21-2)12-16(20)14-5-3-4-6-15(14)17/h3-6,13,16,20H,7-12H2,1-2H3/t13-,16+/m1/s1. The van der Waals surface area contributed by atoms with Crippen LogP contribution in [0.3, 0.4) is 0 Å². The van der Waals surface area contributed by atoms with Crippen molar-refractivity contribution in [1.29, 1.82) is 0 Å². The van der Waals surface area contributed by atoms with Crippen LogP contribution in [0, 0.1) is 5.82 Å². The molecule has 0 aliphatic carbocycles. The zero-order valence-electron chi connectivity index (χ0n) is 12.8. The van der Waals surface area contributed by atoms with Gasteiger partial charge in [0.25, 0.3) is 0 Å². The Morgan fingerprint density at radius 3 is 2.81 bits per heavy atom. The first-order chi connectivity index (χ1) is 10.1. The molecule has 0 saturated carbocycles. The Morgan fingerprint density at radius 2 is 2.14 bits per heavy atom. The molecule has 4 nitrogen and oxygen atoms in total. The maximum absolute atomic E-state index is 13.7. The van der Waals surface area contributed by atoms with Crippen LogP contribution in [0.1, 0.15) is 18.6 Å². The van der Waals surface area contributed by atoms with E-state index in [1.54, 1.807) is 25.3 Å². The summed E-state index contributed by atoms with van der Waals surface area (Å²) >= 11 is 0. The molecule has 1 fully saturated rings. The van der Waals surface area contributed by atoms with E-state index in [0.717, 1.165) is 32.8 Å². The van der Waals surface area contributed by atoms with Crippen molar-refractivity contribution in [2.75, 3.05) is 46.4 Å². The highest BCUT2D eigenvalue weighted by molar-refractivity contribution is 5.20. The van der Waals surface area contributed by atoms with Crippen LogP contribution >= 0.6 is 0 Å². The summed E-state index contributed by atoms with van der Waals surface area (Å²) in [5.41, 5.74) is 0.381. The van der Waals surface area contributed by atoms with Crippen molar-refractivity contribution in [3.8, 4) is 0 Å². The molecule has 1 aliphatic rings. The third kappa shape index (κ3) is 4.48. The van der Waals surface area contributed by atoms with Gasteiger partial charge in [0.1, 0.15) is 5.82 Å². The monoisotopic (exact) mass is 296 g/mol. The van der Waals surface area contributed by atoms with Gasteiger partial charge in [-0.05, 0) is 13.0 Å². The summed E-state index contributed by atoms with van der Waals surface area (Å²) in [7, 11) is 1.71. The fraction of sp³-hybridized carbons (Fsp3) is 0.625. The minimum atomic E-state index is -0.774. The molecule has 1 aromatic rings. The average molecular weight is 296 g/mol. The van der Waals surface area contributed by atoms with Crippen molar-refractivity contribution < 1.29 is 14.2 Å². The van der Waals surface area contributed by atoms with Crippen LogP contribution in [0.2, 0.25) is 0 Å². The molecule has 0 bridgehead atoms. The quantitative estimate of drug-likeness (QED) is 0.863. The molecule has 1 aliphatic heterocycles. The van der Waals surface area contributed by atoms with Crippen LogP contribution in [0.5, 0.6) is 0 Å². The van der Waals surface area contributed by atoms with Gasteiger partial charge in [-0.1, -0.05) is 18.2 Å². The van der Waals surface area contributed by atoms with Gasteiger partial charge in [-0.15, -0.1) is 0 Å². The molecule has 0 aromatic heterocycles. The van der Waals surface area contributed by atoms with Gasteiger partial charge in [0.15, 0.2) is 0 Å². The molecule has 21 heavy (non-hydrogen) atoms. The van der Waals surface area contributed by atoms with Gasteiger partial charge in [-0.3, -0.25) is 9.80 Å². The van der Waals surface area contributed by atoms with E-state index in [4.69, 9.17) is 4.74 Å². The van der Waals surface area contributed by atoms with Crippen LogP contribution in [-0.4, -0.2) is 67.4 Å². The van der Waals surface area contributed by atoms with Gasteiger partial charge in [0.05, 0.1) is 12.7 Å². The van der Waals surface area contributed by atoms with Crippen molar-refractivity contribution in [2.24, 2.45) is 0 Å². The second-order valence-electron chi connectivity index (χ2n) is 5.67. The Hall–Kier alpha value is -1.01. The molecule has 1 aromatic carbocycles. The van der Waals surface area contributed by atoms with E-state index in [2.05, 4.69) is 16.7 Å². The van der Waals surface area contributed by atoms with Crippen molar-refractivity contribution in [3.63, 3.8) is 0 Å². The smallest absolute Gasteiger partial charge is 0.129 e. The molecular weight excluding hydrogens is 271 g/mol. The molecule has 1 N–H and O–H groups in total. The third-order valence-electron chi connectivity index (χ3n) is 4.13. The summed E-state index contributed by atoms with van der Waals surface area (Å²) in [4.78, 5) is 4.58. The normalized spacial score (nSPS) is 22.4. The van der Waals surface area contributed by atoms with E-state index in [1.807, 2.05) is 0 Å². The van der Waals surface area contributed by atoms with E-state index in [9.17, 15) is 9.50 Å². The minimum absolute atomic E-state index is 0.336. The lowest BCUT2D eigenvalue weighted by atomic mass is 10.1. The summed E-state index contributed by atoms with van der Waals surface area (Å²) in [6.45, 7) is 7.05. The molecule has 2 rings (SSSR count). The minimum Gasteiger partial charge on any atom is -0.387 e. The average Bonchev–Trinajstić information content (AvgIpc) is 2.47. The maximum Gasteiger partial charge on any atom is 0.129 e. The van der Waals surface area contributed by atoms with E-state index >= 15 is 0 Å². The van der Waals surface area contributed by atoms with Gasteiger partial charge < -0.3 is 9.84 Å². The highest BCUT2D eigenvalue weighted by Crippen LogP contribution is 2.19. The predicted octanol–water partition coefficient (Wildman–Crippen LogP) is 1.51. The van der Waals surface area contributed by atoms with Crippen LogP contribution in [0.4, 0.5) is 4.39 Å². The van der Waals surface area contributed by atoms with Crippen LogP contribution in [-0.2, 0) is 4.74 Å². The van der Waals surface area contributed by atoms with Crippen molar-refractivity contribution >= 4 is 0 Å². The summed E-state index contributed by atoms with van der Waals surface area (Å²) < 4.78 is 18.8. The number of aliphatic hydroxyl groups is 1. The van der Waals surface area contributed by atoms with E-state index in [0.29, 0.717) is 18.2 Å². The summed E-state index contributed by atoms with van der Waals surface area (Å²) in [5, 5.41) is 10.2. The Balaban J connectivity index is 1.86. The van der Waals surface area contributed by atoms with Crippen LogP contribution in [0.25, 0.3) is 0 Å². The molecule has 1 heterocycles. The first-order valence-corrected chi connectivity index (χ1v) is 7.49. The number of ether oxygens (including phenoxy) is 1. The number of hydrogen-bond acceptors (Lipinski definition) is 4. The van der Waals surface area contributed by atoms with Crippen molar-refractivity contribution in [1.82, 2.24) is 9.80 Å². The molecule has 0 spiro atoms. The Bertz CT molecular complexity index is 444.